The number of methoxy groups -OCH3 is 1. The maximum Gasteiger partial charge on any atom is 0.119 e. The fourth-order valence-corrected chi connectivity index (χ4v) is 3.49. The number of hydrogen-bond acceptors (Lipinski definition) is 3. The summed E-state index contributed by atoms with van der Waals surface area (Å²) in [5.74, 6) is 0.845. The van der Waals surface area contributed by atoms with Crippen molar-refractivity contribution in [2.45, 2.75) is 12.5 Å². The number of nitrogens with zero attached hydrogens (tertiary/aromatic N) is 2. The van der Waals surface area contributed by atoms with E-state index in [2.05, 4.69) is 23.1 Å². The summed E-state index contributed by atoms with van der Waals surface area (Å²) < 4.78 is 5.31. The summed E-state index contributed by atoms with van der Waals surface area (Å²) in [6, 6.07) is 18.5. The van der Waals surface area contributed by atoms with E-state index in [-0.39, 0.29) is 11.8 Å². The Morgan fingerprint density at radius 1 is 1.22 bits per heavy atom. The van der Waals surface area contributed by atoms with Gasteiger partial charge in [-0.05, 0) is 29.3 Å². The van der Waals surface area contributed by atoms with E-state index in [9.17, 15) is 5.26 Å². The molecule has 0 aliphatic carbocycles. The van der Waals surface area contributed by atoms with E-state index in [1.807, 2.05) is 36.4 Å². The highest BCUT2D eigenvalue weighted by atomic mass is 35.5. The second kappa shape index (κ2) is 7.04. The maximum absolute atomic E-state index is 9.55. The highest BCUT2D eigenvalue weighted by molar-refractivity contribution is 6.31. The molecule has 23 heavy (non-hydrogen) atoms. The van der Waals surface area contributed by atoms with E-state index >= 15 is 0 Å². The predicted octanol–water partition coefficient (Wildman–Crippen LogP) is 4.09. The third-order valence-electron chi connectivity index (χ3n) is 4.41. The molecule has 3 rings (SSSR count). The van der Waals surface area contributed by atoms with Crippen molar-refractivity contribution in [1.29, 1.82) is 5.26 Å². The van der Waals surface area contributed by atoms with Crippen LogP contribution in [0.1, 0.15) is 17.0 Å². The van der Waals surface area contributed by atoms with Crippen molar-refractivity contribution < 1.29 is 4.74 Å². The normalized spacial score (nSPS) is 21.1. The van der Waals surface area contributed by atoms with Crippen LogP contribution in [0.15, 0.2) is 48.5 Å². The Morgan fingerprint density at radius 2 is 2.00 bits per heavy atom. The van der Waals surface area contributed by atoms with Gasteiger partial charge in [0.05, 0.1) is 19.1 Å². The molecule has 2 aromatic rings. The van der Waals surface area contributed by atoms with Crippen LogP contribution in [0.4, 0.5) is 0 Å². The number of nitriles is 1. The van der Waals surface area contributed by atoms with Crippen LogP contribution < -0.4 is 4.74 Å². The third kappa shape index (κ3) is 3.50. The minimum absolute atomic E-state index is 0.0525. The number of rotatable bonds is 4. The van der Waals surface area contributed by atoms with Gasteiger partial charge in [-0.1, -0.05) is 41.9 Å². The first-order valence-corrected chi connectivity index (χ1v) is 8.08. The topological polar surface area (TPSA) is 36.3 Å². The van der Waals surface area contributed by atoms with Gasteiger partial charge >= 0.3 is 0 Å². The number of halogens is 1. The molecule has 1 aliphatic heterocycles. The van der Waals surface area contributed by atoms with E-state index in [1.54, 1.807) is 7.11 Å². The standard InChI is InChI=1S/C19H19ClN2O/c1-23-16-7-8-19(20)17(9-16)18-13-22(12-15(18)10-21)11-14-5-3-2-4-6-14/h2-9,15,18H,11-13H2,1H3. The summed E-state index contributed by atoms with van der Waals surface area (Å²) in [5.41, 5.74) is 2.27. The minimum Gasteiger partial charge on any atom is -0.497 e. The Labute approximate surface area is 142 Å². The quantitative estimate of drug-likeness (QED) is 0.849. The lowest BCUT2D eigenvalue weighted by atomic mass is 9.90. The molecule has 2 unspecified atom stereocenters. The van der Waals surface area contributed by atoms with Crippen LogP contribution in [0.3, 0.4) is 0 Å². The van der Waals surface area contributed by atoms with Crippen LogP contribution in [0.5, 0.6) is 5.75 Å². The molecule has 0 amide bonds. The zero-order valence-electron chi connectivity index (χ0n) is 13.1. The molecule has 0 radical (unpaired) electrons. The molecule has 1 saturated heterocycles. The van der Waals surface area contributed by atoms with Gasteiger partial charge in [-0.2, -0.15) is 5.26 Å². The first kappa shape index (κ1) is 15.9. The molecule has 2 atom stereocenters. The first-order valence-electron chi connectivity index (χ1n) is 7.70. The Kier molecular flexibility index (Phi) is 4.85. The minimum atomic E-state index is -0.0525. The van der Waals surface area contributed by atoms with E-state index < -0.39 is 0 Å². The summed E-state index contributed by atoms with van der Waals surface area (Å²) in [6.45, 7) is 2.46. The maximum atomic E-state index is 9.55. The van der Waals surface area contributed by atoms with E-state index in [4.69, 9.17) is 16.3 Å². The second-order valence-electron chi connectivity index (χ2n) is 5.91. The van der Waals surface area contributed by atoms with Crippen LogP contribution >= 0.6 is 11.6 Å². The van der Waals surface area contributed by atoms with Gasteiger partial charge < -0.3 is 4.74 Å². The summed E-state index contributed by atoms with van der Waals surface area (Å²) in [4.78, 5) is 2.32. The van der Waals surface area contributed by atoms with E-state index in [0.717, 1.165) is 30.9 Å². The van der Waals surface area contributed by atoms with Gasteiger partial charge in [0.1, 0.15) is 5.75 Å². The predicted molar refractivity (Wildman–Crippen MR) is 91.6 cm³/mol. The largest absolute Gasteiger partial charge is 0.497 e. The van der Waals surface area contributed by atoms with Crippen molar-refractivity contribution in [3.63, 3.8) is 0 Å². The Morgan fingerprint density at radius 3 is 2.70 bits per heavy atom. The fraction of sp³-hybridized carbons (Fsp3) is 0.316. The molecule has 3 nitrogen and oxygen atoms in total. The summed E-state index contributed by atoms with van der Waals surface area (Å²) in [6.07, 6.45) is 0. The fourth-order valence-electron chi connectivity index (χ4n) is 3.23. The van der Waals surface area contributed by atoms with Gasteiger partial charge in [0.2, 0.25) is 0 Å². The molecule has 1 heterocycles. The second-order valence-corrected chi connectivity index (χ2v) is 6.32. The Hall–Kier alpha value is -2.02. The van der Waals surface area contributed by atoms with Crippen LogP contribution in [-0.4, -0.2) is 25.1 Å². The Balaban J connectivity index is 1.81. The van der Waals surface area contributed by atoms with Gasteiger partial charge in [-0.3, -0.25) is 4.90 Å². The number of ether oxygens (including phenoxy) is 1. The zero-order valence-corrected chi connectivity index (χ0v) is 13.8. The molecular formula is C19H19ClN2O. The average Bonchev–Trinajstić information content (AvgIpc) is 2.99. The first-order chi connectivity index (χ1) is 11.2. The Bertz CT molecular complexity index is 711. The van der Waals surface area contributed by atoms with Crippen molar-refractivity contribution in [1.82, 2.24) is 4.90 Å². The van der Waals surface area contributed by atoms with Crippen molar-refractivity contribution in [2.24, 2.45) is 5.92 Å². The molecule has 0 N–H and O–H groups in total. The lowest BCUT2D eigenvalue weighted by molar-refractivity contribution is 0.322. The van der Waals surface area contributed by atoms with Crippen molar-refractivity contribution in [2.75, 3.05) is 20.2 Å². The highest BCUT2D eigenvalue weighted by Gasteiger charge is 2.35. The SMILES string of the molecule is COc1ccc(Cl)c(C2CN(Cc3ccccc3)CC2C#N)c1. The van der Waals surface area contributed by atoms with Crippen LogP contribution in [-0.2, 0) is 6.54 Å². The van der Waals surface area contributed by atoms with Gasteiger partial charge in [0.15, 0.2) is 0 Å². The lowest BCUT2D eigenvalue weighted by Gasteiger charge is -2.17. The van der Waals surface area contributed by atoms with Gasteiger partial charge in [-0.25, -0.2) is 0 Å². The summed E-state index contributed by atoms with van der Waals surface area (Å²) in [7, 11) is 1.64. The number of benzene rings is 2. The molecule has 0 bridgehead atoms. The molecule has 1 aliphatic rings. The van der Waals surface area contributed by atoms with Crippen LogP contribution in [0.25, 0.3) is 0 Å². The molecule has 118 valence electrons. The molecule has 0 aromatic heterocycles. The molecule has 4 heteroatoms. The lowest BCUT2D eigenvalue weighted by Crippen LogP contribution is -2.20. The summed E-state index contributed by atoms with van der Waals surface area (Å²) >= 11 is 6.38. The van der Waals surface area contributed by atoms with Crippen molar-refractivity contribution >= 4 is 11.6 Å². The van der Waals surface area contributed by atoms with Gasteiger partial charge in [0, 0.05) is 30.6 Å². The van der Waals surface area contributed by atoms with Gasteiger partial charge in [-0.15, -0.1) is 0 Å². The van der Waals surface area contributed by atoms with Crippen molar-refractivity contribution in [3.05, 3.63) is 64.7 Å². The number of hydrogen-bond donors (Lipinski definition) is 0. The van der Waals surface area contributed by atoms with Crippen LogP contribution in [0, 0.1) is 17.2 Å². The molecule has 0 spiro atoms. The van der Waals surface area contributed by atoms with Gasteiger partial charge in [0.25, 0.3) is 0 Å². The average molecular weight is 327 g/mol. The third-order valence-corrected chi connectivity index (χ3v) is 4.76. The molecule has 1 fully saturated rings. The molecule has 0 saturated carbocycles. The number of likely N-dealkylation sites (tertiary alicyclic amines) is 1. The van der Waals surface area contributed by atoms with Crippen molar-refractivity contribution in [3.8, 4) is 11.8 Å². The van der Waals surface area contributed by atoms with E-state index in [1.165, 1.54) is 5.56 Å². The molecular weight excluding hydrogens is 308 g/mol. The monoisotopic (exact) mass is 326 g/mol. The summed E-state index contributed by atoms with van der Waals surface area (Å²) in [5, 5.41) is 10.3. The highest BCUT2D eigenvalue weighted by Crippen LogP contribution is 2.38. The molecule has 2 aromatic carbocycles. The van der Waals surface area contributed by atoms with E-state index in [0.29, 0.717) is 5.02 Å². The van der Waals surface area contributed by atoms with Crippen LogP contribution in [0.2, 0.25) is 5.02 Å². The zero-order chi connectivity index (χ0) is 16.2. The smallest absolute Gasteiger partial charge is 0.119 e.